The van der Waals surface area contributed by atoms with Gasteiger partial charge in [0.15, 0.2) is 0 Å². The number of hydrogen-bond acceptors (Lipinski definition) is 2. The molecule has 106 valence electrons. The number of benzene rings is 1. The van der Waals surface area contributed by atoms with E-state index in [0.29, 0.717) is 5.56 Å². The van der Waals surface area contributed by atoms with Gasteiger partial charge in [-0.3, -0.25) is 0 Å². The van der Waals surface area contributed by atoms with Gasteiger partial charge in [-0.1, -0.05) is 26.8 Å². The smallest absolute Gasteiger partial charge is 0.127 e. The fourth-order valence-corrected chi connectivity index (χ4v) is 2.43. The Balaban J connectivity index is 2.68. The molecule has 0 aliphatic heterocycles. The first-order valence-electron chi connectivity index (χ1n) is 6.93. The lowest BCUT2D eigenvalue weighted by molar-refractivity contribution is 0.294. The molecule has 2 aromatic rings. The molecule has 4 heteroatoms. The van der Waals surface area contributed by atoms with Crippen LogP contribution in [0.1, 0.15) is 50.9 Å². The summed E-state index contributed by atoms with van der Waals surface area (Å²) >= 11 is 6.28. The Hall–Kier alpha value is -1.53. The SMILES string of the molecule is CCC(C)(C)Cn1c(C(C)Cl)nc2c(C#N)cccc21. The van der Waals surface area contributed by atoms with Crippen LogP contribution in [0.3, 0.4) is 0 Å². The van der Waals surface area contributed by atoms with E-state index in [1.165, 1.54) is 0 Å². The highest BCUT2D eigenvalue weighted by molar-refractivity contribution is 6.20. The molecule has 0 radical (unpaired) electrons. The van der Waals surface area contributed by atoms with Crippen LogP contribution in [0, 0.1) is 16.7 Å². The fourth-order valence-electron chi connectivity index (χ4n) is 2.26. The molecule has 0 aliphatic rings. The second-order valence-corrected chi connectivity index (χ2v) is 6.63. The van der Waals surface area contributed by atoms with Crippen molar-refractivity contribution in [1.29, 1.82) is 5.26 Å². The molecule has 1 unspecified atom stereocenters. The fraction of sp³-hybridized carbons (Fsp3) is 0.500. The molecule has 0 N–H and O–H groups in total. The monoisotopic (exact) mass is 289 g/mol. The molecule has 0 aliphatic carbocycles. The maximum atomic E-state index is 9.22. The van der Waals surface area contributed by atoms with Crippen molar-refractivity contribution in [3.05, 3.63) is 29.6 Å². The molecule has 0 amide bonds. The second kappa shape index (κ2) is 5.46. The van der Waals surface area contributed by atoms with Crippen LogP contribution in [0.2, 0.25) is 0 Å². The van der Waals surface area contributed by atoms with Gasteiger partial charge < -0.3 is 4.57 Å². The molecule has 0 saturated carbocycles. The maximum Gasteiger partial charge on any atom is 0.127 e. The van der Waals surface area contributed by atoms with Crippen LogP contribution in [-0.4, -0.2) is 9.55 Å². The molecule has 1 heterocycles. The minimum atomic E-state index is -0.179. The van der Waals surface area contributed by atoms with Crippen LogP contribution in [0.4, 0.5) is 0 Å². The van der Waals surface area contributed by atoms with E-state index in [1.807, 2.05) is 19.1 Å². The number of rotatable bonds is 4. The molecule has 3 nitrogen and oxygen atoms in total. The zero-order chi connectivity index (χ0) is 14.9. The van der Waals surface area contributed by atoms with Gasteiger partial charge in [-0.2, -0.15) is 5.26 Å². The third-order valence-corrected chi connectivity index (χ3v) is 4.02. The Labute approximate surface area is 125 Å². The molecule has 1 aromatic carbocycles. The van der Waals surface area contributed by atoms with Gasteiger partial charge in [-0.05, 0) is 30.9 Å². The zero-order valence-corrected chi connectivity index (χ0v) is 13.2. The average molecular weight is 290 g/mol. The molecule has 0 saturated heterocycles. The number of nitrogens with zero attached hydrogens (tertiary/aromatic N) is 3. The summed E-state index contributed by atoms with van der Waals surface area (Å²) in [4.78, 5) is 4.61. The van der Waals surface area contributed by atoms with E-state index in [-0.39, 0.29) is 10.8 Å². The van der Waals surface area contributed by atoms with Crippen molar-refractivity contribution >= 4 is 22.6 Å². The van der Waals surface area contributed by atoms with Crippen molar-refractivity contribution in [2.45, 2.75) is 46.0 Å². The van der Waals surface area contributed by atoms with Crippen LogP contribution < -0.4 is 0 Å². The van der Waals surface area contributed by atoms with Gasteiger partial charge in [0, 0.05) is 6.54 Å². The third kappa shape index (κ3) is 2.66. The van der Waals surface area contributed by atoms with Crippen molar-refractivity contribution in [1.82, 2.24) is 9.55 Å². The topological polar surface area (TPSA) is 41.6 Å². The van der Waals surface area contributed by atoms with E-state index in [9.17, 15) is 5.26 Å². The Morgan fingerprint density at radius 3 is 2.70 bits per heavy atom. The summed E-state index contributed by atoms with van der Waals surface area (Å²) in [5.41, 5.74) is 2.52. The predicted molar refractivity (Wildman–Crippen MR) is 82.8 cm³/mol. The number of fused-ring (bicyclic) bond motifs is 1. The summed E-state index contributed by atoms with van der Waals surface area (Å²) < 4.78 is 2.16. The van der Waals surface area contributed by atoms with E-state index in [2.05, 4.69) is 36.4 Å². The van der Waals surface area contributed by atoms with Gasteiger partial charge >= 0.3 is 0 Å². The highest BCUT2D eigenvalue weighted by Gasteiger charge is 2.23. The highest BCUT2D eigenvalue weighted by Crippen LogP contribution is 2.31. The number of hydrogen-bond donors (Lipinski definition) is 0. The number of nitriles is 1. The van der Waals surface area contributed by atoms with Crippen molar-refractivity contribution in [3.63, 3.8) is 0 Å². The Bertz CT molecular complexity index is 662. The molecule has 2 rings (SSSR count). The summed E-state index contributed by atoms with van der Waals surface area (Å²) in [5, 5.41) is 9.04. The van der Waals surface area contributed by atoms with Gasteiger partial charge in [-0.25, -0.2) is 4.98 Å². The van der Waals surface area contributed by atoms with E-state index in [0.717, 1.165) is 29.8 Å². The van der Waals surface area contributed by atoms with Gasteiger partial charge in [0.1, 0.15) is 17.4 Å². The summed E-state index contributed by atoms with van der Waals surface area (Å²) in [5.74, 6) is 0.839. The lowest BCUT2D eigenvalue weighted by Gasteiger charge is -2.25. The van der Waals surface area contributed by atoms with Crippen LogP contribution in [-0.2, 0) is 6.54 Å². The number of halogens is 1. The minimum absolute atomic E-state index is 0.163. The first-order valence-corrected chi connectivity index (χ1v) is 7.36. The number of para-hydroxylation sites is 1. The largest absolute Gasteiger partial charge is 0.326 e. The molecule has 20 heavy (non-hydrogen) atoms. The predicted octanol–water partition coefficient (Wildman–Crippen LogP) is 4.64. The second-order valence-electron chi connectivity index (χ2n) is 5.98. The quantitative estimate of drug-likeness (QED) is 0.769. The van der Waals surface area contributed by atoms with Gasteiger partial charge in [-0.15, -0.1) is 11.6 Å². The third-order valence-electron chi connectivity index (χ3n) is 3.83. The van der Waals surface area contributed by atoms with E-state index >= 15 is 0 Å². The molecule has 0 spiro atoms. The van der Waals surface area contributed by atoms with Crippen LogP contribution in [0.25, 0.3) is 11.0 Å². The van der Waals surface area contributed by atoms with E-state index in [1.54, 1.807) is 6.07 Å². The number of alkyl halides is 1. The first kappa shape index (κ1) is 14.9. The van der Waals surface area contributed by atoms with Crippen molar-refractivity contribution in [3.8, 4) is 6.07 Å². The van der Waals surface area contributed by atoms with Crippen molar-refractivity contribution < 1.29 is 0 Å². The molecule has 1 aromatic heterocycles. The first-order chi connectivity index (χ1) is 9.39. The normalized spacial score (nSPS) is 13.4. The van der Waals surface area contributed by atoms with E-state index in [4.69, 9.17) is 11.6 Å². The molecule has 1 atom stereocenters. The van der Waals surface area contributed by atoms with Gasteiger partial charge in [0.2, 0.25) is 0 Å². The lowest BCUT2D eigenvalue weighted by Crippen LogP contribution is -2.20. The Morgan fingerprint density at radius 1 is 1.45 bits per heavy atom. The molecular formula is C16H20ClN3. The van der Waals surface area contributed by atoms with Gasteiger partial charge in [0.05, 0.1) is 16.5 Å². The highest BCUT2D eigenvalue weighted by atomic mass is 35.5. The summed E-state index contributed by atoms with van der Waals surface area (Å²) in [6.07, 6.45) is 1.07. The van der Waals surface area contributed by atoms with Crippen LogP contribution in [0.15, 0.2) is 18.2 Å². The average Bonchev–Trinajstić information content (AvgIpc) is 2.77. The lowest BCUT2D eigenvalue weighted by atomic mass is 9.90. The number of imidazole rings is 1. The Kier molecular flexibility index (Phi) is 4.06. The number of aromatic nitrogens is 2. The molecule has 0 bridgehead atoms. The summed E-state index contributed by atoms with van der Waals surface area (Å²) in [6.45, 7) is 9.42. The van der Waals surface area contributed by atoms with Gasteiger partial charge in [0.25, 0.3) is 0 Å². The standard InChI is InChI=1S/C16H20ClN3/c1-5-16(3,4)10-20-13-8-6-7-12(9-18)14(13)19-15(20)11(2)17/h6-8,11H,5,10H2,1-4H3. The van der Waals surface area contributed by atoms with Crippen LogP contribution in [0.5, 0.6) is 0 Å². The molecule has 0 fully saturated rings. The zero-order valence-electron chi connectivity index (χ0n) is 12.4. The van der Waals surface area contributed by atoms with E-state index < -0.39 is 0 Å². The Morgan fingerprint density at radius 2 is 2.15 bits per heavy atom. The molecular weight excluding hydrogens is 270 g/mol. The van der Waals surface area contributed by atoms with Crippen molar-refractivity contribution in [2.24, 2.45) is 5.41 Å². The maximum absolute atomic E-state index is 9.22. The summed E-state index contributed by atoms with van der Waals surface area (Å²) in [7, 11) is 0. The van der Waals surface area contributed by atoms with Crippen molar-refractivity contribution in [2.75, 3.05) is 0 Å². The van der Waals surface area contributed by atoms with Crippen LogP contribution >= 0.6 is 11.6 Å². The minimum Gasteiger partial charge on any atom is -0.326 e. The summed E-state index contributed by atoms with van der Waals surface area (Å²) in [6, 6.07) is 7.92.